The van der Waals surface area contributed by atoms with Crippen LogP contribution >= 0.6 is 11.6 Å². The van der Waals surface area contributed by atoms with Crippen molar-refractivity contribution in [2.75, 3.05) is 18.0 Å². The first kappa shape index (κ1) is 9.68. The van der Waals surface area contributed by atoms with Crippen molar-refractivity contribution in [2.24, 2.45) is 5.73 Å². The molecule has 1 saturated heterocycles. The van der Waals surface area contributed by atoms with Crippen LogP contribution in [0, 0.1) is 0 Å². The first-order valence-corrected chi connectivity index (χ1v) is 5.02. The molecular formula is C9H13ClN4. The maximum absolute atomic E-state index is 6.04. The molecule has 1 aliphatic heterocycles. The molecule has 0 atom stereocenters. The summed E-state index contributed by atoms with van der Waals surface area (Å²) in [6, 6.07) is 0. The number of anilines is 1. The minimum Gasteiger partial charge on any atom is -0.337 e. The standard InChI is InChI=1S/C9H13ClN4/c1-2-9(11)5-14(6-9)8-12-3-7(10)4-13-8/h3-4H,2,5-6,11H2,1H3. The third-order valence-electron chi connectivity index (χ3n) is 2.61. The maximum Gasteiger partial charge on any atom is 0.225 e. The summed E-state index contributed by atoms with van der Waals surface area (Å²) < 4.78 is 0. The molecule has 0 aliphatic carbocycles. The lowest BCUT2D eigenvalue weighted by Gasteiger charge is -2.47. The molecule has 2 rings (SSSR count). The van der Waals surface area contributed by atoms with Crippen molar-refractivity contribution >= 4 is 17.5 Å². The van der Waals surface area contributed by atoms with Gasteiger partial charge in [0.05, 0.1) is 23.0 Å². The van der Waals surface area contributed by atoms with Gasteiger partial charge in [-0.1, -0.05) is 18.5 Å². The quantitative estimate of drug-likeness (QED) is 0.797. The highest BCUT2D eigenvalue weighted by atomic mass is 35.5. The monoisotopic (exact) mass is 212 g/mol. The van der Waals surface area contributed by atoms with Gasteiger partial charge in [-0.3, -0.25) is 0 Å². The molecule has 1 aliphatic rings. The van der Waals surface area contributed by atoms with Crippen LogP contribution < -0.4 is 10.6 Å². The van der Waals surface area contributed by atoms with Gasteiger partial charge in [0.15, 0.2) is 0 Å². The van der Waals surface area contributed by atoms with E-state index in [1.54, 1.807) is 12.4 Å². The van der Waals surface area contributed by atoms with Crippen LogP contribution in [0.15, 0.2) is 12.4 Å². The molecule has 0 bridgehead atoms. The topological polar surface area (TPSA) is 55.0 Å². The van der Waals surface area contributed by atoms with Gasteiger partial charge in [0.2, 0.25) is 5.95 Å². The average molecular weight is 213 g/mol. The Labute approximate surface area is 88.1 Å². The number of halogens is 1. The first-order chi connectivity index (χ1) is 6.63. The van der Waals surface area contributed by atoms with Gasteiger partial charge in [-0.05, 0) is 6.42 Å². The summed E-state index contributed by atoms with van der Waals surface area (Å²) in [5.74, 6) is 0.712. The van der Waals surface area contributed by atoms with E-state index in [-0.39, 0.29) is 5.54 Å². The zero-order valence-corrected chi connectivity index (χ0v) is 8.83. The third kappa shape index (κ3) is 1.67. The molecule has 14 heavy (non-hydrogen) atoms. The Morgan fingerprint density at radius 2 is 2.07 bits per heavy atom. The van der Waals surface area contributed by atoms with Crippen molar-refractivity contribution in [1.29, 1.82) is 0 Å². The SMILES string of the molecule is CCC1(N)CN(c2ncc(Cl)cn2)C1. The summed E-state index contributed by atoms with van der Waals surface area (Å²) in [6.45, 7) is 3.75. The van der Waals surface area contributed by atoms with Gasteiger partial charge in [0.1, 0.15) is 0 Å². The van der Waals surface area contributed by atoms with Crippen molar-refractivity contribution < 1.29 is 0 Å². The minimum absolute atomic E-state index is 0.0526. The lowest BCUT2D eigenvalue weighted by atomic mass is 9.89. The van der Waals surface area contributed by atoms with E-state index in [4.69, 9.17) is 17.3 Å². The van der Waals surface area contributed by atoms with E-state index < -0.39 is 0 Å². The van der Waals surface area contributed by atoms with Crippen LogP contribution in [0.1, 0.15) is 13.3 Å². The van der Waals surface area contributed by atoms with Crippen LogP contribution in [0.3, 0.4) is 0 Å². The molecule has 2 N–H and O–H groups in total. The molecule has 0 radical (unpaired) electrons. The molecule has 0 saturated carbocycles. The first-order valence-electron chi connectivity index (χ1n) is 4.64. The molecule has 1 aromatic rings. The molecule has 4 nitrogen and oxygen atoms in total. The number of hydrogen-bond acceptors (Lipinski definition) is 4. The lowest BCUT2D eigenvalue weighted by molar-refractivity contribution is 0.318. The Balaban J connectivity index is 2.03. The van der Waals surface area contributed by atoms with Gasteiger partial charge in [0.25, 0.3) is 0 Å². The predicted octanol–water partition coefficient (Wildman–Crippen LogP) is 1.06. The number of rotatable bonds is 2. The van der Waals surface area contributed by atoms with E-state index in [9.17, 15) is 0 Å². The van der Waals surface area contributed by atoms with E-state index in [2.05, 4.69) is 21.8 Å². The van der Waals surface area contributed by atoms with Crippen LogP contribution in [0.25, 0.3) is 0 Å². The Morgan fingerprint density at radius 3 is 2.57 bits per heavy atom. The molecule has 1 fully saturated rings. The fraction of sp³-hybridized carbons (Fsp3) is 0.556. The van der Waals surface area contributed by atoms with Crippen LogP contribution in [0.5, 0.6) is 0 Å². The highest BCUT2D eigenvalue weighted by Gasteiger charge is 2.38. The number of hydrogen-bond donors (Lipinski definition) is 1. The van der Waals surface area contributed by atoms with E-state index in [1.807, 2.05) is 0 Å². The van der Waals surface area contributed by atoms with E-state index in [0.29, 0.717) is 11.0 Å². The van der Waals surface area contributed by atoms with E-state index in [0.717, 1.165) is 19.5 Å². The molecule has 5 heteroatoms. The zero-order valence-electron chi connectivity index (χ0n) is 8.07. The molecule has 0 aromatic carbocycles. The van der Waals surface area contributed by atoms with E-state index in [1.165, 1.54) is 0 Å². The molecule has 0 spiro atoms. The van der Waals surface area contributed by atoms with Crippen molar-refractivity contribution in [2.45, 2.75) is 18.9 Å². The number of aromatic nitrogens is 2. The number of nitrogens with two attached hydrogens (primary N) is 1. The van der Waals surface area contributed by atoms with Crippen molar-refractivity contribution in [3.8, 4) is 0 Å². The lowest BCUT2D eigenvalue weighted by Crippen LogP contribution is -2.67. The maximum atomic E-state index is 6.04. The highest BCUT2D eigenvalue weighted by molar-refractivity contribution is 6.30. The van der Waals surface area contributed by atoms with Crippen molar-refractivity contribution in [3.63, 3.8) is 0 Å². The largest absolute Gasteiger partial charge is 0.337 e. The third-order valence-corrected chi connectivity index (χ3v) is 2.80. The van der Waals surface area contributed by atoms with Crippen LogP contribution in [0.2, 0.25) is 5.02 Å². The summed E-state index contributed by atoms with van der Waals surface area (Å²) in [6.07, 6.45) is 4.19. The highest BCUT2D eigenvalue weighted by Crippen LogP contribution is 2.25. The normalized spacial score (nSPS) is 19.2. The Bertz CT molecular complexity index is 318. The Morgan fingerprint density at radius 1 is 1.50 bits per heavy atom. The number of nitrogens with zero attached hydrogens (tertiary/aromatic N) is 3. The predicted molar refractivity (Wildman–Crippen MR) is 56.5 cm³/mol. The molecule has 76 valence electrons. The second kappa shape index (κ2) is 3.37. The molecule has 0 unspecified atom stereocenters. The second-order valence-corrected chi connectivity index (χ2v) is 4.21. The van der Waals surface area contributed by atoms with Crippen molar-refractivity contribution in [1.82, 2.24) is 9.97 Å². The summed E-state index contributed by atoms with van der Waals surface area (Å²) >= 11 is 5.69. The summed E-state index contributed by atoms with van der Waals surface area (Å²) in [5.41, 5.74) is 5.98. The summed E-state index contributed by atoms with van der Waals surface area (Å²) in [4.78, 5) is 10.3. The van der Waals surface area contributed by atoms with Crippen LogP contribution in [0.4, 0.5) is 5.95 Å². The van der Waals surface area contributed by atoms with Crippen LogP contribution in [-0.2, 0) is 0 Å². The van der Waals surface area contributed by atoms with Gasteiger partial charge in [-0.2, -0.15) is 0 Å². The zero-order chi connectivity index (χ0) is 10.2. The average Bonchev–Trinajstić information content (AvgIpc) is 2.15. The van der Waals surface area contributed by atoms with Gasteiger partial charge in [0, 0.05) is 13.1 Å². The second-order valence-electron chi connectivity index (χ2n) is 3.77. The molecule has 0 amide bonds. The Kier molecular flexibility index (Phi) is 2.33. The van der Waals surface area contributed by atoms with Gasteiger partial charge >= 0.3 is 0 Å². The summed E-state index contributed by atoms with van der Waals surface area (Å²) in [5, 5.41) is 0.559. The fourth-order valence-electron chi connectivity index (χ4n) is 1.55. The van der Waals surface area contributed by atoms with E-state index >= 15 is 0 Å². The molecular weight excluding hydrogens is 200 g/mol. The smallest absolute Gasteiger partial charge is 0.225 e. The van der Waals surface area contributed by atoms with Gasteiger partial charge in [-0.15, -0.1) is 0 Å². The van der Waals surface area contributed by atoms with Crippen LogP contribution in [-0.4, -0.2) is 28.6 Å². The fourth-order valence-corrected chi connectivity index (χ4v) is 1.65. The van der Waals surface area contributed by atoms with Gasteiger partial charge in [-0.25, -0.2) is 9.97 Å². The van der Waals surface area contributed by atoms with Crippen molar-refractivity contribution in [3.05, 3.63) is 17.4 Å². The van der Waals surface area contributed by atoms with Gasteiger partial charge < -0.3 is 10.6 Å². The summed E-state index contributed by atoms with van der Waals surface area (Å²) in [7, 11) is 0. The molecule has 2 heterocycles. The molecule has 1 aromatic heterocycles. The minimum atomic E-state index is -0.0526. The Hall–Kier alpha value is -0.870.